The number of esters is 1. The van der Waals surface area contributed by atoms with Gasteiger partial charge in [0.25, 0.3) is 0 Å². The highest BCUT2D eigenvalue weighted by Crippen LogP contribution is 2.56. The first kappa shape index (κ1) is 21.4. The number of allylic oxidation sites excluding steroid dienone is 1. The molecule has 30 heavy (non-hydrogen) atoms. The number of rotatable bonds is 6. The number of cyclic esters (lactones) is 1. The van der Waals surface area contributed by atoms with Crippen LogP contribution < -0.4 is 4.74 Å². The zero-order valence-electron chi connectivity index (χ0n) is 18.7. The highest BCUT2D eigenvalue weighted by atomic mass is 16.5. The number of ether oxygens (including phenoxy) is 3. The van der Waals surface area contributed by atoms with Gasteiger partial charge in [0, 0.05) is 0 Å². The summed E-state index contributed by atoms with van der Waals surface area (Å²) in [6.07, 6.45) is 10.4. The van der Waals surface area contributed by atoms with E-state index in [2.05, 4.69) is 19.9 Å². The predicted octanol–water partition coefficient (Wildman–Crippen LogP) is 5.70. The minimum atomic E-state index is -0.0500. The van der Waals surface area contributed by atoms with Gasteiger partial charge in [-0.15, -0.1) is 0 Å². The Morgan fingerprint density at radius 2 is 1.93 bits per heavy atom. The molecule has 0 aromatic heterocycles. The van der Waals surface area contributed by atoms with Crippen molar-refractivity contribution >= 4 is 5.97 Å². The van der Waals surface area contributed by atoms with Gasteiger partial charge < -0.3 is 14.2 Å². The maximum atomic E-state index is 13.2. The zero-order valence-corrected chi connectivity index (χ0v) is 18.7. The van der Waals surface area contributed by atoms with E-state index in [0.717, 1.165) is 37.0 Å². The van der Waals surface area contributed by atoms with Crippen LogP contribution in [-0.2, 0) is 20.9 Å². The lowest BCUT2D eigenvalue weighted by Gasteiger charge is -2.41. The maximum Gasteiger partial charge on any atom is 0.310 e. The van der Waals surface area contributed by atoms with Crippen LogP contribution in [-0.4, -0.2) is 25.8 Å². The van der Waals surface area contributed by atoms with Gasteiger partial charge in [-0.2, -0.15) is 0 Å². The highest BCUT2D eigenvalue weighted by Gasteiger charge is 2.57. The van der Waals surface area contributed by atoms with Gasteiger partial charge in [-0.05, 0) is 79.0 Å². The van der Waals surface area contributed by atoms with E-state index in [4.69, 9.17) is 14.2 Å². The molecular formula is C26H36O4. The number of carbonyl (C=O) groups is 1. The van der Waals surface area contributed by atoms with E-state index in [9.17, 15) is 4.79 Å². The molecule has 1 saturated carbocycles. The molecule has 1 heterocycles. The second kappa shape index (κ2) is 9.13. The molecule has 4 heteroatoms. The number of fused-ring (bicyclic) bond motifs is 1. The van der Waals surface area contributed by atoms with E-state index in [1.807, 2.05) is 24.3 Å². The summed E-state index contributed by atoms with van der Waals surface area (Å²) in [6, 6.07) is 7.96. The summed E-state index contributed by atoms with van der Waals surface area (Å²) in [5.74, 6) is 1.49. The summed E-state index contributed by atoms with van der Waals surface area (Å²) in [5.41, 5.74) is 2.50. The van der Waals surface area contributed by atoms with Crippen molar-refractivity contribution in [3.05, 3.63) is 41.5 Å². The smallest absolute Gasteiger partial charge is 0.310 e. The van der Waals surface area contributed by atoms with Gasteiger partial charge >= 0.3 is 5.97 Å². The first-order valence-corrected chi connectivity index (χ1v) is 11.6. The monoisotopic (exact) mass is 412 g/mol. The van der Waals surface area contributed by atoms with E-state index in [0.29, 0.717) is 19.1 Å². The Labute approximate surface area is 181 Å². The van der Waals surface area contributed by atoms with Gasteiger partial charge in [-0.25, -0.2) is 0 Å². The third-order valence-electron chi connectivity index (χ3n) is 7.59. The van der Waals surface area contributed by atoms with E-state index in [1.54, 1.807) is 7.11 Å². The molecule has 0 spiro atoms. The fourth-order valence-corrected chi connectivity index (χ4v) is 6.04. The molecule has 0 amide bonds. The van der Waals surface area contributed by atoms with E-state index < -0.39 is 0 Å². The summed E-state index contributed by atoms with van der Waals surface area (Å²) in [6.45, 7) is 5.75. The third-order valence-corrected chi connectivity index (χ3v) is 7.59. The van der Waals surface area contributed by atoms with Crippen molar-refractivity contribution in [1.29, 1.82) is 0 Å². The molecule has 0 bridgehead atoms. The molecule has 5 atom stereocenters. The summed E-state index contributed by atoms with van der Waals surface area (Å²) < 4.78 is 17.4. The van der Waals surface area contributed by atoms with Crippen LogP contribution in [0.15, 0.2) is 35.9 Å². The van der Waals surface area contributed by atoms with Crippen LogP contribution in [0.5, 0.6) is 5.75 Å². The highest BCUT2D eigenvalue weighted by molar-refractivity contribution is 5.76. The molecule has 2 aliphatic carbocycles. The standard InChI is InChI=1S/C26H36O4/c1-18-14-26(2)15-23(20-8-6-4-5-7-9-20)30-25(27)24(26)22(18)17-29-16-19-10-12-21(28-3)13-11-19/h8,10-13,18,22-24H,4-7,9,14-17H2,1-3H3/t18-,22+,23+,24+,26-/m0/s1. The Bertz CT molecular complexity index is 768. The van der Waals surface area contributed by atoms with Crippen molar-refractivity contribution in [3.8, 4) is 5.75 Å². The molecule has 0 radical (unpaired) electrons. The maximum absolute atomic E-state index is 13.2. The molecule has 1 saturated heterocycles. The van der Waals surface area contributed by atoms with Gasteiger partial charge in [-0.3, -0.25) is 4.79 Å². The second-order valence-corrected chi connectivity index (χ2v) is 9.85. The van der Waals surface area contributed by atoms with Crippen LogP contribution in [0.1, 0.15) is 64.4 Å². The molecule has 0 unspecified atom stereocenters. The number of hydrogen-bond donors (Lipinski definition) is 0. The summed E-state index contributed by atoms with van der Waals surface area (Å²) in [7, 11) is 1.67. The Kier molecular flexibility index (Phi) is 6.52. The molecular weight excluding hydrogens is 376 g/mol. The lowest BCUT2D eigenvalue weighted by Crippen LogP contribution is -2.45. The van der Waals surface area contributed by atoms with Crippen molar-refractivity contribution in [2.45, 2.75) is 71.5 Å². The Morgan fingerprint density at radius 1 is 1.13 bits per heavy atom. The van der Waals surface area contributed by atoms with Crippen molar-refractivity contribution in [3.63, 3.8) is 0 Å². The molecule has 1 aromatic carbocycles. The third kappa shape index (κ3) is 4.44. The first-order chi connectivity index (χ1) is 14.5. The van der Waals surface area contributed by atoms with Crippen LogP contribution >= 0.6 is 0 Å². The number of carbonyl (C=O) groups excluding carboxylic acids is 1. The number of hydrogen-bond acceptors (Lipinski definition) is 4. The summed E-state index contributed by atoms with van der Waals surface area (Å²) in [4.78, 5) is 13.2. The van der Waals surface area contributed by atoms with Crippen LogP contribution in [0.2, 0.25) is 0 Å². The quantitative estimate of drug-likeness (QED) is 0.444. The van der Waals surface area contributed by atoms with Crippen LogP contribution in [0.3, 0.4) is 0 Å². The van der Waals surface area contributed by atoms with Crippen LogP contribution in [0.4, 0.5) is 0 Å². The number of methoxy groups -OCH3 is 1. The first-order valence-electron chi connectivity index (χ1n) is 11.6. The molecule has 3 aliphatic rings. The van der Waals surface area contributed by atoms with Gasteiger partial charge in [0.2, 0.25) is 0 Å². The van der Waals surface area contributed by atoms with Crippen molar-refractivity contribution in [1.82, 2.24) is 0 Å². The summed E-state index contributed by atoms with van der Waals surface area (Å²) >= 11 is 0. The average Bonchev–Trinajstić information content (AvgIpc) is 2.90. The van der Waals surface area contributed by atoms with E-state index >= 15 is 0 Å². The Balaban J connectivity index is 1.39. The lowest BCUT2D eigenvalue weighted by atomic mass is 9.70. The van der Waals surface area contributed by atoms with Crippen LogP contribution in [0, 0.1) is 23.2 Å². The average molecular weight is 413 g/mol. The number of benzene rings is 1. The minimum Gasteiger partial charge on any atom is -0.497 e. The van der Waals surface area contributed by atoms with Gasteiger partial charge in [0.15, 0.2) is 0 Å². The van der Waals surface area contributed by atoms with Crippen molar-refractivity contribution in [2.75, 3.05) is 13.7 Å². The molecule has 4 rings (SSSR count). The lowest BCUT2D eigenvalue weighted by molar-refractivity contribution is -0.170. The summed E-state index contributed by atoms with van der Waals surface area (Å²) in [5, 5.41) is 0. The van der Waals surface area contributed by atoms with Crippen molar-refractivity contribution < 1.29 is 19.0 Å². The molecule has 164 valence electrons. The minimum absolute atomic E-state index is 0.00120. The predicted molar refractivity (Wildman–Crippen MR) is 117 cm³/mol. The largest absolute Gasteiger partial charge is 0.497 e. The molecule has 1 aromatic rings. The SMILES string of the molecule is COc1ccc(COC[C@@H]2[C@@H](C)C[C@@]3(C)C[C@H](C4=CCCCCC4)OC(=O)[C@@H]23)cc1. The van der Waals surface area contributed by atoms with E-state index in [1.165, 1.54) is 24.8 Å². The van der Waals surface area contributed by atoms with Crippen LogP contribution in [0.25, 0.3) is 0 Å². The zero-order chi connectivity index (χ0) is 21.1. The van der Waals surface area contributed by atoms with Crippen molar-refractivity contribution in [2.24, 2.45) is 23.2 Å². The second-order valence-electron chi connectivity index (χ2n) is 9.85. The molecule has 2 fully saturated rings. The van der Waals surface area contributed by atoms with Gasteiger partial charge in [-0.1, -0.05) is 38.5 Å². The normalized spacial score (nSPS) is 34.0. The fourth-order valence-electron chi connectivity index (χ4n) is 6.04. The fraction of sp³-hybridized carbons (Fsp3) is 0.654. The Morgan fingerprint density at radius 3 is 2.70 bits per heavy atom. The van der Waals surface area contributed by atoms with E-state index in [-0.39, 0.29) is 29.3 Å². The molecule has 1 aliphatic heterocycles. The Hall–Kier alpha value is -1.81. The van der Waals surface area contributed by atoms with Gasteiger partial charge in [0.1, 0.15) is 11.9 Å². The van der Waals surface area contributed by atoms with Gasteiger partial charge in [0.05, 0.1) is 26.2 Å². The molecule has 4 nitrogen and oxygen atoms in total. The molecule has 0 N–H and O–H groups in total. The topological polar surface area (TPSA) is 44.8 Å².